The number of aromatic amines is 1. The van der Waals surface area contributed by atoms with Gasteiger partial charge in [-0.3, -0.25) is 4.79 Å². The molecule has 13 heavy (non-hydrogen) atoms. The molecule has 0 unspecified atom stereocenters. The topological polar surface area (TPSA) is 32.9 Å². The first kappa shape index (κ1) is 14.5. The fourth-order valence-corrected chi connectivity index (χ4v) is 0.377. The van der Waals surface area contributed by atoms with Crippen LogP contribution in [0.3, 0.4) is 0 Å². The van der Waals surface area contributed by atoms with Crippen LogP contribution in [0.2, 0.25) is 0 Å². The molecule has 1 aromatic rings. The van der Waals surface area contributed by atoms with Crippen LogP contribution < -0.4 is 5.56 Å². The van der Waals surface area contributed by atoms with E-state index in [1.54, 1.807) is 18.3 Å². The number of pyridine rings is 1. The highest BCUT2D eigenvalue weighted by atomic mass is 16.1. The molecular formula is C11H21NO. The third kappa shape index (κ3) is 18.2. The molecule has 0 aliphatic heterocycles. The van der Waals surface area contributed by atoms with E-state index in [2.05, 4.69) is 25.8 Å². The molecule has 0 fully saturated rings. The van der Waals surface area contributed by atoms with Gasteiger partial charge in [0, 0.05) is 12.3 Å². The van der Waals surface area contributed by atoms with E-state index < -0.39 is 0 Å². The summed E-state index contributed by atoms with van der Waals surface area (Å²) in [5.41, 5.74) is -0.0532. The third-order valence-corrected chi connectivity index (χ3v) is 0.681. The Balaban J connectivity index is 0. The number of nitrogens with one attached hydrogen (secondary N) is 1. The van der Waals surface area contributed by atoms with Gasteiger partial charge >= 0.3 is 0 Å². The minimum Gasteiger partial charge on any atom is -0.329 e. The Hall–Kier alpha value is -1.05. The molecule has 2 heteroatoms. The minimum atomic E-state index is -0.0532. The second kappa shape index (κ2) is 11.0. The van der Waals surface area contributed by atoms with Crippen LogP contribution in [0.1, 0.15) is 34.6 Å². The van der Waals surface area contributed by atoms with Gasteiger partial charge < -0.3 is 4.98 Å². The zero-order valence-electron chi connectivity index (χ0n) is 9.29. The molecule has 0 spiro atoms. The molecule has 0 atom stereocenters. The van der Waals surface area contributed by atoms with Crippen molar-refractivity contribution in [3.05, 3.63) is 34.7 Å². The molecule has 0 saturated carbocycles. The first-order chi connectivity index (χ1) is 6.13. The van der Waals surface area contributed by atoms with E-state index in [0.29, 0.717) is 0 Å². The fraction of sp³-hybridized carbons (Fsp3) is 0.545. The summed E-state index contributed by atoms with van der Waals surface area (Å²) in [5.74, 6) is 0.833. The summed E-state index contributed by atoms with van der Waals surface area (Å²) in [5, 5.41) is 0. The Morgan fingerprint density at radius 1 is 1.15 bits per heavy atom. The highest BCUT2D eigenvalue weighted by Crippen LogP contribution is 1.81. The van der Waals surface area contributed by atoms with Crippen LogP contribution in [0.25, 0.3) is 0 Å². The molecule has 1 rings (SSSR count). The molecule has 76 valence electrons. The molecule has 1 heterocycles. The van der Waals surface area contributed by atoms with Crippen LogP contribution in [0.15, 0.2) is 29.2 Å². The summed E-state index contributed by atoms with van der Waals surface area (Å²) in [4.78, 5) is 12.7. The van der Waals surface area contributed by atoms with Gasteiger partial charge in [-0.05, 0) is 12.0 Å². The van der Waals surface area contributed by atoms with Crippen LogP contribution in [-0.4, -0.2) is 4.98 Å². The van der Waals surface area contributed by atoms with Gasteiger partial charge in [0.25, 0.3) is 0 Å². The normalized spacial score (nSPS) is 7.85. The molecule has 2 nitrogen and oxygen atoms in total. The summed E-state index contributed by atoms with van der Waals surface area (Å²) in [6.45, 7) is 10.5. The average molecular weight is 183 g/mol. The van der Waals surface area contributed by atoms with Crippen LogP contribution in [0, 0.1) is 5.92 Å². The molecule has 0 saturated heterocycles. The SMILES string of the molecule is CC.CC(C)C.O=c1cccc[nH]1. The Kier molecular flexibility index (Phi) is 12.2. The Morgan fingerprint density at radius 2 is 1.62 bits per heavy atom. The van der Waals surface area contributed by atoms with Gasteiger partial charge in [0.1, 0.15) is 0 Å². The Morgan fingerprint density at radius 3 is 1.77 bits per heavy atom. The summed E-state index contributed by atoms with van der Waals surface area (Å²) in [7, 11) is 0. The van der Waals surface area contributed by atoms with Gasteiger partial charge in [0.05, 0.1) is 0 Å². The summed E-state index contributed by atoms with van der Waals surface area (Å²) < 4.78 is 0. The second-order valence-electron chi connectivity index (χ2n) is 2.96. The van der Waals surface area contributed by atoms with Gasteiger partial charge in [0.2, 0.25) is 5.56 Å². The van der Waals surface area contributed by atoms with Crippen molar-refractivity contribution in [3.63, 3.8) is 0 Å². The quantitative estimate of drug-likeness (QED) is 0.658. The number of aromatic nitrogens is 1. The summed E-state index contributed by atoms with van der Waals surface area (Å²) in [6.07, 6.45) is 1.60. The van der Waals surface area contributed by atoms with Gasteiger partial charge in [0.15, 0.2) is 0 Å². The van der Waals surface area contributed by atoms with Crippen LogP contribution in [-0.2, 0) is 0 Å². The lowest BCUT2D eigenvalue weighted by Gasteiger charge is -1.79. The molecule has 0 bridgehead atoms. The predicted octanol–water partition coefficient (Wildman–Crippen LogP) is 3.06. The number of H-pyrrole nitrogens is 1. The molecule has 0 amide bonds. The zero-order chi connectivity index (χ0) is 10.7. The van der Waals surface area contributed by atoms with Crippen molar-refractivity contribution < 1.29 is 0 Å². The average Bonchev–Trinajstić information content (AvgIpc) is 2.08. The van der Waals surface area contributed by atoms with Crippen LogP contribution in [0.5, 0.6) is 0 Å². The Labute approximate surface area is 81.0 Å². The Bertz CT molecular complexity index is 207. The summed E-state index contributed by atoms with van der Waals surface area (Å²) >= 11 is 0. The molecule has 0 radical (unpaired) electrons. The molecule has 0 aliphatic rings. The lowest BCUT2D eigenvalue weighted by molar-refractivity contribution is 0.737. The summed E-state index contributed by atoms with van der Waals surface area (Å²) in [6, 6.07) is 4.93. The van der Waals surface area contributed by atoms with Crippen molar-refractivity contribution in [2.45, 2.75) is 34.6 Å². The standard InChI is InChI=1S/C5H5NO.C4H10.C2H6/c7-5-3-1-2-4-6-5;1-4(2)3;1-2/h1-4H,(H,6,7);4H,1-3H3;1-2H3. The van der Waals surface area contributed by atoms with Crippen LogP contribution >= 0.6 is 0 Å². The van der Waals surface area contributed by atoms with E-state index >= 15 is 0 Å². The van der Waals surface area contributed by atoms with Gasteiger partial charge in [-0.15, -0.1) is 0 Å². The highest BCUT2D eigenvalue weighted by molar-refractivity contribution is 4.89. The van der Waals surface area contributed by atoms with Crippen molar-refractivity contribution in [1.29, 1.82) is 0 Å². The van der Waals surface area contributed by atoms with Crippen molar-refractivity contribution >= 4 is 0 Å². The first-order valence-electron chi connectivity index (χ1n) is 4.76. The van der Waals surface area contributed by atoms with Gasteiger partial charge in [-0.25, -0.2) is 0 Å². The van der Waals surface area contributed by atoms with E-state index in [-0.39, 0.29) is 5.56 Å². The number of rotatable bonds is 0. The number of hydrogen-bond donors (Lipinski definition) is 1. The van der Waals surface area contributed by atoms with Crippen molar-refractivity contribution in [3.8, 4) is 0 Å². The van der Waals surface area contributed by atoms with Crippen molar-refractivity contribution in [1.82, 2.24) is 4.98 Å². The van der Waals surface area contributed by atoms with Gasteiger partial charge in [-0.2, -0.15) is 0 Å². The van der Waals surface area contributed by atoms with E-state index in [4.69, 9.17) is 0 Å². The van der Waals surface area contributed by atoms with E-state index in [1.165, 1.54) is 6.07 Å². The maximum absolute atomic E-state index is 10.2. The second-order valence-corrected chi connectivity index (χ2v) is 2.96. The number of hydrogen-bond acceptors (Lipinski definition) is 1. The minimum absolute atomic E-state index is 0.0532. The predicted molar refractivity (Wildman–Crippen MR) is 58.9 cm³/mol. The molecule has 0 aromatic carbocycles. The maximum Gasteiger partial charge on any atom is 0.247 e. The maximum atomic E-state index is 10.2. The zero-order valence-corrected chi connectivity index (χ0v) is 9.29. The van der Waals surface area contributed by atoms with E-state index in [0.717, 1.165) is 5.92 Å². The molecular weight excluding hydrogens is 162 g/mol. The van der Waals surface area contributed by atoms with Crippen molar-refractivity contribution in [2.75, 3.05) is 0 Å². The smallest absolute Gasteiger partial charge is 0.247 e. The van der Waals surface area contributed by atoms with E-state index in [1.807, 2.05) is 13.8 Å². The molecule has 1 N–H and O–H groups in total. The fourth-order valence-electron chi connectivity index (χ4n) is 0.377. The van der Waals surface area contributed by atoms with Crippen LogP contribution in [0.4, 0.5) is 0 Å². The van der Waals surface area contributed by atoms with Gasteiger partial charge in [-0.1, -0.05) is 40.7 Å². The largest absolute Gasteiger partial charge is 0.329 e. The molecule has 1 aromatic heterocycles. The lowest BCUT2D eigenvalue weighted by atomic mass is 10.3. The monoisotopic (exact) mass is 183 g/mol. The molecule has 0 aliphatic carbocycles. The van der Waals surface area contributed by atoms with Crippen molar-refractivity contribution in [2.24, 2.45) is 5.92 Å². The third-order valence-electron chi connectivity index (χ3n) is 0.681. The van der Waals surface area contributed by atoms with E-state index in [9.17, 15) is 4.79 Å². The lowest BCUT2D eigenvalue weighted by Crippen LogP contribution is -1.98. The first-order valence-corrected chi connectivity index (χ1v) is 4.76. The highest BCUT2D eigenvalue weighted by Gasteiger charge is 1.69.